The van der Waals surface area contributed by atoms with E-state index in [1.54, 1.807) is 6.07 Å². The number of ether oxygens (including phenoxy) is 1. The topological polar surface area (TPSA) is 182 Å². The van der Waals surface area contributed by atoms with Gasteiger partial charge in [-0.05, 0) is 47.5 Å². The summed E-state index contributed by atoms with van der Waals surface area (Å²) in [5, 5.41) is 3.35. The Morgan fingerprint density at radius 2 is 1.74 bits per heavy atom. The van der Waals surface area contributed by atoms with E-state index < -0.39 is 34.2 Å². The van der Waals surface area contributed by atoms with Gasteiger partial charge in [0.05, 0.1) is 11.5 Å². The highest BCUT2D eigenvalue weighted by Crippen LogP contribution is 2.20. The van der Waals surface area contributed by atoms with Crippen LogP contribution in [0.15, 0.2) is 63.1 Å². The number of benzene rings is 2. The Balaban J connectivity index is 2.10. The number of rotatable bonds is 12. The van der Waals surface area contributed by atoms with Gasteiger partial charge in [0, 0.05) is 10.9 Å². The molecule has 0 spiro atoms. The molecule has 0 fully saturated rings. The molecule has 208 valence electrons. The van der Waals surface area contributed by atoms with E-state index in [-0.39, 0.29) is 30.5 Å². The zero-order chi connectivity index (χ0) is 28.3. The van der Waals surface area contributed by atoms with Gasteiger partial charge in [0.15, 0.2) is 0 Å². The number of oxime groups is 1. The van der Waals surface area contributed by atoms with Gasteiger partial charge in [0.1, 0.15) is 18.4 Å². The molecule has 0 aliphatic heterocycles. The zero-order valence-corrected chi connectivity index (χ0v) is 21.7. The summed E-state index contributed by atoms with van der Waals surface area (Å²) < 4.78 is 70.7. The fourth-order valence-electron chi connectivity index (χ4n) is 2.64. The van der Waals surface area contributed by atoms with Gasteiger partial charge in [-0.3, -0.25) is 0 Å². The molecule has 0 radical (unpaired) electrons. The van der Waals surface area contributed by atoms with Crippen molar-refractivity contribution in [3.05, 3.63) is 58.6 Å². The number of carbonyl (C=O) groups is 2. The van der Waals surface area contributed by atoms with Crippen molar-refractivity contribution in [2.45, 2.75) is 30.0 Å². The van der Waals surface area contributed by atoms with Gasteiger partial charge in [-0.25, -0.2) is 27.8 Å². The second kappa shape index (κ2) is 13.8. The summed E-state index contributed by atoms with van der Waals surface area (Å²) in [4.78, 5) is 35.4. The Morgan fingerprint density at radius 1 is 1.05 bits per heavy atom. The third-order valence-corrected chi connectivity index (χ3v) is 6.26. The largest absolute Gasteiger partial charge is 0.495 e. The SMILES string of the molecule is NC(N)=NOCCCOc1ccc(C[C@H](NS(=O)(=O)c2cccc(Br)c2)C(=O)OOC(=O)C(F)(F)F)cc1. The molecule has 0 heterocycles. The number of sulfonamides is 1. The minimum absolute atomic E-state index is 0.191. The predicted molar refractivity (Wildman–Crippen MR) is 129 cm³/mol. The number of nitrogens with zero attached hydrogens (tertiary/aromatic N) is 1. The van der Waals surface area contributed by atoms with Gasteiger partial charge in [0.25, 0.3) is 0 Å². The number of hydrogen-bond acceptors (Lipinski definition) is 9. The van der Waals surface area contributed by atoms with Crippen LogP contribution in [0, 0.1) is 0 Å². The number of alkyl halides is 3. The van der Waals surface area contributed by atoms with Crippen molar-refractivity contribution in [2.75, 3.05) is 13.2 Å². The average Bonchev–Trinajstić information content (AvgIpc) is 2.84. The van der Waals surface area contributed by atoms with Crippen LogP contribution in [0.5, 0.6) is 5.75 Å². The number of carbonyl (C=O) groups excluding carboxylic acids is 2. The van der Waals surface area contributed by atoms with Gasteiger partial charge in [0.2, 0.25) is 16.0 Å². The van der Waals surface area contributed by atoms with Crippen LogP contribution in [-0.4, -0.2) is 51.7 Å². The third kappa shape index (κ3) is 10.4. The molecule has 1 atom stereocenters. The second-order valence-corrected chi connectivity index (χ2v) is 9.93. The van der Waals surface area contributed by atoms with Crippen LogP contribution in [0.4, 0.5) is 13.2 Å². The maximum absolute atomic E-state index is 12.8. The van der Waals surface area contributed by atoms with Crippen LogP contribution in [0.2, 0.25) is 0 Å². The van der Waals surface area contributed by atoms with Crippen LogP contribution >= 0.6 is 15.9 Å². The number of nitrogens with one attached hydrogen (secondary N) is 1. The fourth-order valence-corrected chi connectivity index (χ4v) is 4.42. The van der Waals surface area contributed by atoms with E-state index in [4.69, 9.17) is 21.0 Å². The highest BCUT2D eigenvalue weighted by molar-refractivity contribution is 9.10. The zero-order valence-electron chi connectivity index (χ0n) is 19.3. The fraction of sp³-hybridized carbons (Fsp3) is 0.286. The van der Waals surface area contributed by atoms with E-state index in [1.165, 1.54) is 42.5 Å². The third-order valence-electron chi connectivity index (χ3n) is 4.30. The highest BCUT2D eigenvalue weighted by Gasteiger charge is 2.43. The summed E-state index contributed by atoms with van der Waals surface area (Å²) in [7, 11) is -4.35. The van der Waals surface area contributed by atoms with Crippen molar-refractivity contribution in [1.29, 1.82) is 0 Å². The van der Waals surface area contributed by atoms with E-state index in [0.717, 1.165) is 0 Å². The average molecular weight is 627 g/mol. The first kappa shape index (κ1) is 30.7. The maximum Gasteiger partial charge on any atom is 0.495 e. The molecule has 0 aliphatic carbocycles. The molecule has 0 saturated carbocycles. The van der Waals surface area contributed by atoms with Gasteiger partial charge >= 0.3 is 18.1 Å². The molecule has 0 aliphatic rings. The highest BCUT2D eigenvalue weighted by atomic mass is 79.9. The Labute approximate surface area is 223 Å². The number of hydrogen-bond donors (Lipinski definition) is 3. The standard InChI is InChI=1S/C21H22BrF3N4O8S/c22-14-3-1-4-16(12-14)38(32,33)29-17(18(30)36-37-19(31)21(23,24)25)11-13-5-7-15(8-6-13)34-9-2-10-35-28-20(26)27/h1,3-8,12,17,29H,2,9-11H2,(H4,26,27,28)/t17-/m0/s1. The van der Waals surface area contributed by atoms with Crippen molar-refractivity contribution < 1.29 is 50.5 Å². The normalized spacial score (nSPS) is 12.2. The Kier molecular flexibility index (Phi) is 11.2. The summed E-state index contributed by atoms with van der Waals surface area (Å²) in [5.74, 6) is -4.17. The quantitative estimate of drug-likeness (QED) is 0.103. The van der Waals surface area contributed by atoms with Crippen molar-refractivity contribution in [3.63, 3.8) is 0 Å². The lowest BCUT2D eigenvalue weighted by Crippen LogP contribution is -2.44. The van der Waals surface area contributed by atoms with E-state index in [0.29, 0.717) is 22.2 Å². The predicted octanol–water partition coefficient (Wildman–Crippen LogP) is 1.88. The van der Waals surface area contributed by atoms with Crippen molar-refractivity contribution in [1.82, 2.24) is 4.72 Å². The van der Waals surface area contributed by atoms with Crippen molar-refractivity contribution >= 4 is 43.9 Å². The van der Waals surface area contributed by atoms with Gasteiger partial charge in [-0.15, -0.1) is 0 Å². The summed E-state index contributed by atoms with van der Waals surface area (Å²) in [6.45, 7) is 0.433. The first-order chi connectivity index (χ1) is 17.8. The first-order valence-corrected chi connectivity index (χ1v) is 12.8. The smallest absolute Gasteiger partial charge is 0.493 e. The molecule has 0 amide bonds. The van der Waals surface area contributed by atoms with E-state index in [1.807, 2.05) is 0 Å². The molecular weight excluding hydrogens is 605 g/mol. The van der Waals surface area contributed by atoms with Crippen LogP contribution in [0.25, 0.3) is 0 Å². The molecular formula is C21H22BrF3N4O8S. The molecule has 2 aromatic rings. The van der Waals surface area contributed by atoms with Gasteiger partial charge < -0.3 is 21.0 Å². The van der Waals surface area contributed by atoms with Crippen molar-refractivity contribution in [2.24, 2.45) is 16.6 Å². The minimum atomic E-state index is -5.43. The van der Waals surface area contributed by atoms with Crippen LogP contribution in [0.3, 0.4) is 0 Å². The van der Waals surface area contributed by atoms with Crippen molar-refractivity contribution in [3.8, 4) is 5.75 Å². The molecule has 38 heavy (non-hydrogen) atoms. The lowest BCUT2D eigenvalue weighted by Gasteiger charge is -2.17. The second-order valence-electron chi connectivity index (χ2n) is 7.30. The molecule has 12 nitrogen and oxygen atoms in total. The lowest BCUT2D eigenvalue weighted by molar-refractivity contribution is -0.286. The Morgan fingerprint density at radius 3 is 2.34 bits per heavy atom. The summed E-state index contributed by atoms with van der Waals surface area (Å²) in [6.07, 6.45) is -5.36. The summed E-state index contributed by atoms with van der Waals surface area (Å²) >= 11 is 3.12. The molecule has 2 rings (SSSR count). The molecule has 5 N–H and O–H groups in total. The number of nitrogens with two attached hydrogens (primary N) is 2. The van der Waals surface area contributed by atoms with Gasteiger partial charge in [-0.1, -0.05) is 34.1 Å². The van der Waals surface area contributed by atoms with Crippen LogP contribution < -0.4 is 20.9 Å². The monoisotopic (exact) mass is 626 g/mol. The van der Waals surface area contributed by atoms with Crippen LogP contribution in [0.1, 0.15) is 12.0 Å². The van der Waals surface area contributed by atoms with Gasteiger partial charge in [-0.2, -0.15) is 17.9 Å². The lowest BCUT2D eigenvalue weighted by atomic mass is 10.1. The number of halogens is 4. The Hall–Kier alpha value is -3.57. The molecule has 2 aromatic carbocycles. The summed E-state index contributed by atoms with van der Waals surface area (Å²) in [5.41, 5.74) is 10.6. The summed E-state index contributed by atoms with van der Waals surface area (Å²) in [6, 6.07) is 9.68. The molecule has 17 heteroatoms. The molecule has 0 bridgehead atoms. The molecule has 0 unspecified atom stereocenters. The molecule has 0 saturated heterocycles. The van der Waals surface area contributed by atoms with Crippen LogP contribution in [-0.2, 0) is 40.6 Å². The first-order valence-electron chi connectivity index (χ1n) is 10.5. The minimum Gasteiger partial charge on any atom is -0.493 e. The maximum atomic E-state index is 12.8. The van der Waals surface area contributed by atoms with E-state index in [2.05, 4.69) is 35.6 Å². The Bertz CT molecular complexity index is 1240. The van der Waals surface area contributed by atoms with E-state index >= 15 is 0 Å². The number of guanidine groups is 1. The molecule has 0 aromatic heterocycles. The van der Waals surface area contributed by atoms with E-state index in [9.17, 15) is 31.2 Å².